The van der Waals surface area contributed by atoms with Crippen molar-refractivity contribution in [3.8, 4) is 5.75 Å². The molecule has 3 nitrogen and oxygen atoms in total. The van der Waals surface area contributed by atoms with E-state index in [0.29, 0.717) is 10.2 Å². The second-order valence-electron chi connectivity index (χ2n) is 4.01. The summed E-state index contributed by atoms with van der Waals surface area (Å²) in [6, 6.07) is 8.53. The van der Waals surface area contributed by atoms with Crippen LogP contribution in [0.15, 0.2) is 47.2 Å². The molecule has 1 aromatic carbocycles. The summed E-state index contributed by atoms with van der Waals surface area (Å²) in [5.74, 6) is -0.276. The quantitative estimate of drug-likeness (QED) is 0.860. The number of ether oxygens (including phenoxy) is 1. The number of nitrogens with two attached hydrogens (primary N) is 1. The van der Waals surface area contributed by atoms with Crippen LogP contribution < -0.4 is 10.5 Å². The molecule has 0 fully saturated rings. The van der Waals surface area contributed by atoms with Crippen molar-refractivity contribution in [2.75, 3.05) is 0 Å². The number of halogens is 4. The highest BCUT2D eigenvalue weighted by atomic mass is 79.9. The van der Waals surface area contributed by atoms with Crippen LogP contribution in [0.3, 0.4) is 0 Å². The lowest BCUT2D eigenvalue weighted by atomic mass is 10.0. The number of hydrogen-bond acceptors (Lipinski definition) is 3. The van der Waals surface area contributed by atoms with Crippen molar-refractivity contribution in [3.05, 3.63) is 58.3 Å². The van der Waals surface area contributed by atoms with Gasteiger partial charge in [-0.25, -0.2) is 4.98 Å². The fourth-order valence-electron chi connectivity index (χ4n) is 1.64. The Morgan fingerprint density at radius 1 is 1.05 bits per heavy atom. The van der Waals surface area contributed by atoms with Crippen LogP contribution >= 0.6 is 15.9 Å². The Morgan fingerprint density at radius 2 is 1.65 bits per heavy atom. The first-order valence-electron chi connectivity index (χ1n) is 5.58. The van der Waals surface area contributed by atoms with Gasteiger partial charge >= 0.3 is 6.36 Å². The van der Waals surface area contributed by atoms with Gasteiger partial charge in [0.05, 0.1) is 6.04 Å². The zero-order valence-electron chi connectivity index (χ0n) is 10.1. The van der Waals surface area contributed by atoms with Crippen molar-refractivity contribution in [1.82, 2.24) is 4.98 Å². The molecule has 0 aliphatic carbocycles. The molecule has 7 heteroatoms. The maximum Gasteiger partial charge on any atom is 0.573 e. The molecule has 1 atom stereocenters. The van der Waals surface area contributed by atoms with E-state index in [4.69, 9.17) is 5.73 Å². The first-order chi connectivity index (χ1) is 9.35. The van der Waals surface area contributed by atoms with Gasteiger partial charge in [-0.15, -0.1) is 13.2 Å². The molecule has 0 aliphatic heterocycles. The summed E-state index contributed by atoms with van der Waals surface area (Å²) in [7, 11) is 0. The SMILES string of the molecule is N[C@H](c1ccc(OC(F)(F)F)cc1)c1ccc(Br)nc1. The first-order valence-corrected chi connectivity index (χ1v) is 6.37. The average Bonchev–Trinajstić information content (AvgIpc) is 2.38. The number of nitrogens with zero attached hydrogens (tertiary/aromatic N) is 1. The van der Waals surface area contributed by atoms with Gasteiger partial charge in [0.25, 0.3) is 0 Å². The van der Waals surface area contributed by atoms with E-state index in [1.165, 1.54) is 24.3 Å². The summed E-state index contributed by atoms with van der Waals surface area (Å²) in [5, 5.41) is 0. The van der Waals surface area contributed by atoms with Gasteiger partial charge in [-0.3, -0.25) is 0 Å². The van der Waals surface area contributed by atoms with Gasteiger partial charge < -0.3 is 10.5 Å². The molecule has 0 saturated heterocycles. The van der Waals surface area contributed by atoms with Crippen LogP contribution in [0.1, 0.15) is 17.2 Å². The van der Waals surface area contributed by atoms with E-state index in [9.17, 15) is 13.2 Å². The van der Waals surface area contributed by atoms with E-state index in [-0.39, 0.29) is 5.75 Å². The fourth-order valence-corrected chi connectivity index (χ4v) is 1.88. The minimum atomic E-state index is -4.70. The van der Waals surface area contributed by atoms with Crippen molar-refractivity contribution >= 4 is 15.9 Å². The number of alkyl halides is 3. The molecule has 0 spiro atoms. The largest absolute Gasteiger partial charge is 0.573 e. The predicted octanol–water partition coefficient (Wildman–Crippen LogP) is 3.79. The zero-order valence-corrected chi connectivity index (χ0v) is 11.6. The Hall–Kier alpha value is -1.60. The molecular weight excluding hydrogens is 337 g/mol. The number of pyridine rings is 1. The van der Waals surface area contributed by atoms with Crippen molar-refractivity contribution in [1.29, 1.82) is 0 Å². The summed E-state index contributed by atoms with van der Waals surface area (Å²) in [6.45, 7) is 0. The monoisotopic (exact) mass is 346 g/mol. The van der Waals surface area contributed by atoms with Crippen LogP contribution in [0.4, 0.5) is 13.2 Å². The molecule has 1 heterocycles. The Kier molecular flexibility index (Phi) is 4.29. The predicted molar refractivity (Wildman–Crippen MR) is 71.1 cm³/mol. The van der Waals surface area contributed by atoms with Gasteiger partial charge in [0.2, 0.25) is 0 Å². The number of rotatable bonds is 3. The van der Waals surface area contributed by atoms with Crippen LogP contribution in [0.5, 0.6) is 5.75 Å². The van der Waals surface area contributed by atoms with E-state index in [1.807, 2.05) is 0 Å². The third-order valence-electron chi connectivity index (χ3n) is 2.58. The molecule has 0 saturated carbocycles. The summed E-state index contributed by atoms with van der Waals surface area (Å²) < 4.78 is 40.6. The molecule has 20 heavy (non-hydrogen) atoms. The topological polar surface area (TPSA) is 48.1 Å². The van der Waals surface area contributed by atoms with Gasteiger partial charge in [0, 0.05) is 6.20 Å². The third kappa shape index (κ3) is 3.94. The second kappa shape index (κ2) is 5.80. The number of aromatic nitrogens is 1. The summed E-state index contributed by atoms with van der Waals surface area (Å²) >= 11 is 3.21. The minimum absolute atomic E-state index is 0.276. The highest BCUT2D eigenvalue weighted by molar-refractivity contribution is 9.10. The van der Waals surface area contributed by atoms with Crippen LogP contribution in [-0.2, 0) is 0 Å². The normalized spacial score (nSPS) is 13.1. The van der Waals surface area contributed by atoms with E-state index in [0.717, 1.165) is 5.56 Å². The van der Waals surface area contributed by atoms with Crippen molar-refractivity contribution in [2.24, 2.45) is 5.73 Å². The van der Waals surface area contributed by atoms with Gasteiger partial charge in [-0.05, 0) is 45.3 Å². The fraction of sp³-hybridized carbons (Fsp3) is 0.154. The van der Waals surface area contributed by atoms with Gasteiger partial charge in [-0.2, -0.15) is 0 Å². The molecule has 0 unspecified atom stereocenters. The Balaban J connectivity index is 2.15. The van der Waals surface area contributed by atoms with E-state index in [1.54, 1.807) is 18.3 Å². The molecule has 2 rings (SSSR count). The van der Waals surface area contributed by atoms with Crippen LogP contribution in [0, 0.1) is 0 Å². The first kappa shape index (κ1) is 14.8. The van der Waals surface area contributed by atoms with E-state index >= 15 is 0 Å². The summed E-state index contributed by atoms with van der Waals surface area (Å²) in [5.41, 5.74) is 7.46. The number of benzene rings is 1. The van der Waals surface area contributed by atoms with Crippen molar-refractivity contribution < 1.29 is 17.9 Å². The smallest absolute Gasteiger partial charge is 0.406 e. The van der Waals surface area contributed by atoms with Gasteiger partial charge in [0.15, 0.2) is 0 Å². The molecule has 0 aliphatic rings. The van der Waals surface area contributed by atoms with Crippen molar-refractivity contribution in [3.63, 3.8) is 0 Å². The number of hydrogen-bond donors (Lipinski definition) is 1. The lowest BCUT2D eigenvalue weighted by Gasteiger charge is -2.13. The van der Waals surface area contributed by atoms with Gasteiger partial charge in [0.1, 0.15) is 10.4 Å². The Morgan fingerprint density at radius 3 is 2.15 bits per heavy atom. The lowest BCUT2D eigenvalue weighted by molar-refractivity contribution is -0.274. The molecule has 106 valence electrons. The molecule has 2 N–H and O–H groups in total. The highest BCUT2D eigenvalue weighted by Gasteiger charge is 2.31. The molecule has 2 aromatic rings. The van der Waals surface area contributed by atoms with Crippen LogP contribution in [0.2, 0.25) is 0 Å². The average molecular weight is 347 g/mol. The van der Waals surface area contributed by atoms with Gasteiger partial charge in [-0.1, -0.05) is 18.2 Å². The van der Waals surface area contributed by atoms with E-state index in [2.05, 4.69) is 25.7 Å². The molecule has 0 radical (unpaired) electrons. The summed E-state index contributed by atoms with van der Waals surface area (Å²) in [6.07, 6.45) is -3.09. The molecule has 0 bridgehead atoms. The third-order valence-corrected chi connectivity index (χ3v) is 3.05. The zero-order chi connectivity index (χ0) is 14.8. The second-order valence-corrected chi connectivity index (χ2v) is 4.82. The molecule has 0 amide bonds. The Bertz CT molecular complexity index is 570. The van der Waals surface area contributed by atoms with Crippen molar-refractivity contribution in [2.45, 2.75) is 12.4 Å². The Labute approximate surface area is 121 Å². The van der Waals surface area contributed by atoms with Crippen LogP contribution in [0.25, 0.3) is 0 Å². The lowest BCUT2D eigenvalue weighted by Crippen LogP contribution is -2.17. The standard InChI is InChI=1S/C13H10BrF3N2O/c14-11-6-3-9(7-19-11)12(18)8-1-4-10(5-2-8)20-13(15,16)17/h1-7,12H,18H2/t12-/m1/s1. The summed E-state index contributed by atoms with van der Waals surface area (Å²) in [4.78, 5) is 4.05. The van der Waals surface area contributed by atoms with Crippen LogP contribution in [-0.4, -0.2) is 11.3 Å². The minimum Gasteiger partial charge on any atom is -0.406 e. The highest BCUT2D eigenvalue weighted by Crippen LogP contribution is 2.26. The van der Waals surface area contributed by atoms with E-state index < -0.39 is 12.4 Å². The maximum atomic E-state index is 12.0. The molecular formula is C13H10BrF3N2O. The molecule has 1 aromatic heterocycles. The maximum absolute atomic E-state index is 12.0.